The molecular formula is C17H12BrF3N2O3. The number of methoxy groups -OCH3 is 1. The summed E-state index contributed by atoms with van der Waals surface area (Å²) in [6.07, 6.45) is -4.95. The van der Waals surface area contributed by atoms with E-state index in [2.05, 4.69) is 20.9 Å². The number of rotatable bonds is 3. The highest BCUT2D eigenvalue weighted by atomic mass is 79.9. The molecule has 3 aromatic rings. The fraction of sp³-hybridized carbons (Fsp3) is 0.176. The fourth-order valence-electron chi connectivity index (χ4n) is 2.35. The molecule has 3 rings (SSSR count). The molecule has 0 aliphatic heterocycles. The molecular weight excluding hydrogens is 417 g/mol. The van der Waals surface area contributed by atoms with E-state index < -0.39 is 12.1 Å². The molecule has 1 heterocycles. The van der Waals surface area contributed by atoms with Gasteiger partial charge in [-0.1, -0.05) is 0 Å². The molecule has 0 unspecified atom stereocenters. The van der Waals surface area contributed by atoms with Gasteiger partial charge in [-0.3, -0.25) is 4.79 Å². The van der Waals surface area contributed by atoms with Gasteiger partial charge in [0, 0.05) is 24.4 Å². The molecule has 1 aromatic heterocycles. The molecule has 5 nitrogen and oxygen atoms in total. The zero-order valence-electron chi connectivity index (χ0n) is 13.6. The second-order valence-corrected chi connectivity index (χ2v) is 6.24. The van der Waals surface area contributed by atoms with Crippen molar-refractivity contribution in [1.29, 1.82) is 0 Å². The van der Waals surface area contributed by atoms with Gasteiger partial charge in [-0.25, -0.2) is 4.98 Å². The predicted molar refractivity (Wildman–Crippen MR) is 93.2 cm³/mol. The maximum Gasteiger partial charge on any atom is 0.471 e. The van der Waals surface area contributed by atoms with Crippen molar-refractivity contribution in [2.24, 2.45) is 0 Å². The number of anilines is 1. The first kappa shape index (κ1) is 18.2. The maximum absolute atomic E-state index is 12.6. The number of oxazole rings is 1. The third kappa shape index (κ3) is 3.39. The standard InChI is InChI=1S/C17H12BrF3N2O3/c1-23(16(24)17(19,20)21)10-4-5-12-14(8-10)26-15(22-12)9-3-6-13(25-2)11(18)7-9/h3-8H,1-2H3. The lowest BCUT2D eigenvalue weighted by molar-refractivity contribution is -0.170. The van der Waals surface area contributed by atoms with Gasteiger partial charge in [-0.2, -0.15) is 13.2 Å². The second kappa shape index (κ2) is 6.64. The summed E-state index contributed by atoms with van der Waals surface area (Å²) in [5.74, 6) is -1.03. The highest BCUT2D eigenvalue weighted by Gasteiger charge is 2.41. The van der Waals surface area contributed by atoms with E-state index in [0.717, 1.165) is 7.05 Å². The lowest BCUT2D eigenvalue weighted by atomic mass is 10.2. The lowest BCUT2D eigenvalue weighted by Crippen LogP contribution is -2.38. The summed E-state index contributed by atoms with van der Waals surface area (Å²) in [5.41, 5.74) is 1.45. The van der Waals surface area contributed by atoms with Gasteiger partial charge in [0.25, 0.3) is 0 Å². The van der Waals surface area contributed by atoms with Crippen molar-refractivity contribution >= 4 is 38.6 Å². The number of amides is 1. The number of carbonyl (C=O) groups excluding carboxylic acids is 1. The Balaban J connectivity index is 1.97. The molecule has 0 saturated carbocycles. The van der Waals surface area contributed by atoms with Crippen LogP contribution >= 0.6 is 15.9 Å². The van der Waals surface area contributed by atoms with Crippen molar-refractivity contribution < 1.29 is 27.1 Å². The smallest absolute Gasteiger partial charge is 0.471 e. The Kier molecular flexibility index (Phi) is 4.66. The number of aromatic nitrogens is 1. The largest absolute Gasteiger partial charge is 0.496 e. The molecule has 0 fully saturated rings. The summed E-state index contributed by atoms with van der Waals surface area (Å²) in [7, 11) is 2.59. The summed E-state index contributed by atoms with van der Waals surface area (Å²) in [6.45, 7) is 0. The molecule has 9 heteroatoms. The Morgan fingerprint density at radius 3 is 2.58 bits per heavy atom. The number of hydrogen-bond acceptors (Lipinski definition) is 4. The van der Waals surface area contributed by atoms with Crippen molar-refractivity contribution in [3.63, 3.8) is 0 Å². The Hall–Kier alpha value is -2.55. The van der Waals surface area contributed by atoms with Crippen LogP contribution in [0.3, 0.4) is 0 Å². The van der Waals surface area contributed by atoms with Gasteiger partial charge in [-0.15, -0.1) is 0 Å². The Morgan fingerprint density at radius 2 is 1.96 bits per heavy atom. The Bertz CT molecular complexity index is 985. The molecule has 0 radical (unpaired) electrons. The third-order valence-electron chi connectivity index (χ3n) is 3.71. The Labute approximate surface area is 154 Å². The highest BCUT2D eigenvalue weighted by molar-refractivity contribution is 9.10. The lowest BCUT2D eigenvalue weighted by Gasteiger charge is -2.18. The van der Waals surface area contributed by atoms with E-state index in [9.17, 15) is 18.0 Å². The van der Waals surface area contributed by atoms with Gasteiger partial charge < -0.3 is 14.1 Å². The first-order valence-electron chi connectivity index (χ1n) is 7.30. The van der Waals surface area contributed by atoms with Crippen LogP contribution in [0.15, 0.2) is 45.3 Å². The van der Waals surface area contributed by atoms with E-state index in [0.29, 0.717) is 32.1 Å². The fourth-order valence-corrected chi connectivity index (χ4v) is 2.89. The molecule has 0 spiro atoms. The number of hydrogen-bond donors (Lipinski definition) is 0. The third-order valence-corrected chi connectivity index (χ3v) is 4.32. The van der Waals surface area contributed by atoms with E-state index in [1.54, 1.807) is 25.3 Å². The van der Waals surface area contributed by atoms with Crippen LogP contribution in [-0.4, -0.2) is 31.2 Å². The van der Waals surface area contributed by atoms with E-state index in [-0.39, 0.29) is 11.3 Å². The van der Waals surface area contributed by atoms with E-state index in [1.165, 1.54) is 18.2 Å². The number of alkyl halides is 3. The molecule has 0 saturated heterocycles. The summed E-state index contributed by atoms with van der Waals surface area (Å²) in [6, 6.07) is 9.44. The molecule has 1 amide bonds. The van der Waals surface area contributed by atoms with Crippen molar-refractivity contribution in [2.45, 2.75) is 6.18 Å². The van der Waals surface area contributed by atoms with Crippen LogP contribution in [0.1, 0.15) is 0 Å². The number of carbonyl (C=O) groups is 1. The van der Waals surface area contributed by atoms with Crippen LogP contribution in [0.5, 0.6) is 5.75 Å². The van der Waals surface area contributed by atoms with Crippen LogP contribution in [0.2, 0.25) is 0 Å². The van der Waals surface area contributed by atoms with Crippen molar-refractivity contribution in [3.8, 4) is 17.2 Å². The SMILES string of the molecule is COc1ccc(-c2nc3ccc(N(C)C(=O)C(F)(F)F)cc3o2)cc1Br. The van der Waals surface area contributed by atoms with Crippen LogP contribution in [-0.2, 0) is 4.79 Å². The topological polar surface area (TPSA) is 55.6 Å². The second-order valence-electron chi connectivity index (χ2n) is 5.38. The molecule has 0 aliphatic rings. The van der Waals surface area contributed by atoms with Gasteiger partial charge >= 0.3 is 12.1 Å². The Morgan fingerprint density at radius 1 is 1.23 bits per heavy atom. The minimum Gasteiger partial charge on any atom is -0.496 e. The summed E-state index contributed by atoms with van der Waals surface area (Å²) in [4.78, 5) is 16.2. The minimum absolute atomic E-state index is 0.0541. The van der Waals surface area contributed by atoms with E-state index in [4.69, 9.17) is 9.15 Å². The predicted octanol–water partition coefficient (Wildman–Crippen LogP) is 4.79. The average Bonchev–Trinajstić information content (AvgIpc) is 3.02. The molecule has 26 heavy (non-hydrogen) atoms. The summed E-state index contributed by atoms with van der Waals surface area (Å²) < 4.78 is 49.3. The van der Waals surface area contributed by atoms with E-state index in [1.807, 2.05) is 0 Å². The number of fused-ring (bicyclic) bond motifs is 1. The first-order chi connectivity index (χ1) is 12.2. The summed E-state index contributed by atoms with van der Waals surface area (Å²) >= 11 is 3.37. The molecule has 0 N–H and O–H groups in total. The van der Waals surface area contributed by atoms with Gasteiger partial charge in [0.15, 0.2) is 5.58 Å². The summed E-state index contributed by atoms with van der Waals surface area (Å²) in [5, 5.41) is 0. The van der Waals surface area contributed by atoms with Gasteiger partial charge in [0.1, 0.15) is 11.3 Å². The van der Waals surface area contributed by atoms with Crippen LogP contribution in [0, 0.1) is 0 Å². The van der Waals surface area contributed by atoms with Gasteiger partial charge in [-0.05, 0) is 46.3 Å². The quantitative estimate of drug-likeness (QED) is 0.601. The monoisotopic (exact) mass is 428 g/mol. The van der Waals surface area contributed by atoms with E-state index >= 15 is 0 Å². The van der Waals surface area contributed by atoms with Crippen molar-refractivity contribution in [1.82, 2.24) is 4.98 Å². The molecule has 0 bridgehead atoms. The molecule has 136 valence electrons. The maximum atomic E-state index is 12.6. The number of benzene rings is 2. The number of ether oxygens (including phenoxy) is 1. The van der Waals surface area contributed by atoms with Crippen molar-refractivity contribution in [2.75, 3.05) is 19.1 Å². The van der Waals surface area contributed by atoms with Crippen molar-refractivity contribution in [3.05, 3.63) is 40.9 Å². The van der Waals surface area contributed by atoms with Gasteiger partial charge in [0.2, 0.25) is 5.89 Å². The zero-order valence-corrected chi connectivity index (χ0v) is 15.2. The normalized spacial score (nSPS) is 11.6. The van der Waals surface area contributed by atoms with Gasteiger partial charge in [0.05, 0.1) is 11.6 Å². The average molecular weight is 429 g/mol. The number of halogens is 4. The van der Waals surface area contributed by atoms with Crippen LogP contribution in [0.25, 0.3) is 22.6 Å². The zero-order chi connectivity index (χ0) is 19.1. The van der Waals surface area contributed by atoms with Crippen LogP contribution in [0.4, 0.5) is 18.9 Å². The van der Waals surface area contributed by atoms with Crippen LogP contribution < -0.4 is 9.64 Å². The number of nitrogens with zero attached hydrogens (tertiary/aromatic N) is 2. The minimum atomic E-state index is -4.95. The molecule has 2 aromatic carbocycles. The molecule has 0 atom stereocenters. The highest BCUT2D eigenvalue weighted by Crippen LogP contribution is 2.33. The molecule has 0 aliphatic carbocycles. The first-order valence-corrected chi connectivity index (χ1v) is 8.09.